The Labute approximate surface area is 105 Å². The first-order valence-electron chi connectivity index (χ1n) is 5.81. The molecule has 0 aliphatic heterocycles. The van der Waals surface area contributed by atoms with Gasteiger partial charge in [-0.2, -0.15) is 0 Å². The predicted molar refractivity (Wildman–Crippen MR) is 67.7 cm³/mol. The lowest BCUT2D eigenvalue weighted by molar-refractivity contribution is 0.582. The van der Waals surface area contributed by atoms with Crippen LogP contribution in [0.2, 0.25) is 0 Å². The Kier molecular flexibility index (Phi) is 2.87. The summed E-state index contributed by atoms with van der Waals surface area (Å²) >= 11 is 0. The smallest absolute Gasteiger partial charge is 0.140 e. The fraction of sp³-hybridized carbons (Fsp3) is 0.154. The maximum absolute atomic E-state index is 4.40. The molecule has 0 spiro atoms. The first-order valence-corrected chi connectivity index (χ1v) is 5.81. The van der Waals surface area contributed by atoms with Crippen LogP contribution in [0.4, 0.5) is 0 Å². The first-order chi connectivity index (χ1) is 8.93. The maximum atomic E-state index is 4.40. The second-order valence-corrected chi connectivity index (χ2v) is 3.98. The van der Waals surface area contributed by atoms with Gasteiger partial charge in [-0.25, -0.2) is 9.97 Å². The molecule has 3 aromatic rings. The van der Waals surface area contributed by atoms with Crippen LogP contribution in [0.5, 0.6) is 0 Å². The summed E-state index contributed by atoms with van der Waals surface area (Å²) < 4.78 is 4.19. The van der Waals surface area contributed by atoms with E-state index in [0.717, 1.165) is 24.5 Å². The van der Waals surface area contributed by atoms with Crippen LogP contribution >= 0.6 is 0 Å². The Hall–Kier alpha value is -2.43. The Morgan fingerprint density at radius 1 is 0.889 bits per heavy atom. The molecule has 0 aromatic carbocycles. The van der Waals surface area contributed by atoms with Crippen LogP contribution in [-0.2, 0) is 13.1 Å². The standard InChI is InChI=1S/C13H13N5/c1-3-14-4-2-12(1)13-16-6-8-18(13)10-9-17-7-5-15-11-17/h1-8,11H,9-10H2. The lowest BCUT2D eigenvalue weighted by Crippen LogP contribution is -2.06. The van der Waals surface area contributed by atoms with Gasteiger partial charge in [0.15, 0.2) is 0 Å². The second-order valence-electron chi connectivity index (χ2n) is 3.98. The first kappa shape index (κ1) is 10.7. The van der Waals surface area contributed by atoms with E-state index in [0.29, 0.717) is 0 Å². The molecule has 0 radical (unpaired) electrons. The zero-order valence-corrected chi connectivity index (χ0v) is 9.85. The molecule has 0 bridgehead atoms. The third-order valence-electron chi connectivity index (χ3n) is 2.81. The Balaban J connectivity index is 1.80. The topological polar surface area (TPSA) is 48.5 Å². The zero-order chi connectivity index (χ0) is 12.2. The second kappa shape index (κ2) is 4.83. The summed E-state index contributed by atoms with van der Waals surface area (Å²) in [5.41, 5.74) is 1.08. The van der Waals surface area contributed by atoms with Crippen LogP contribution in [0.25, 0.3) is 11.4 Å². The van der Waals surface area contributed by atoms with Crippen molar-refractivity contribution in [2.24, 2.45) is 0 Å². The molecule has 0 aliphatic rings. The molecule has 5 heteroatoms. The van der Waals surface area contributed by atoms with E-state index in [4.69, 9.17) is 0 Å². The lowest BCUT2D eigenvalue weighted by Gasteiger charge is -2.08. The number of nitrogens with zero attached hydrogens (tertiary/aromatic N) is 5. The van der Waals surface area contributed by atoms with Crippen molar-refractivity contribution < 1.29 is 0 Å². The number of hydrogen-bond donors (Lipinski definition) is 0. The van der Waals surface area contributed by atoms with Gasteiger partial charge in [0.1, 0.15) is 5.82 Å². The molecule has 0 aliphatic carbocycles. The molecular weight excluding hydrogens is 226 g/mol. The molecule has 0 amide bonds. The number of imidazole rings is 2. The molecule has 90 valence electrons. The van der Waals surface area contributed by atoms with Gasteiger partial charge in [0.25, 0.3) is 0 Å². The van der Waals surface area contributed by atoms with Crippen LogP contribution in [0.15, 0.2) is 55.6 Å². The summed E-state index contributed by atoms with van der Waals surface area (Å²) in [5.74, 6) is 0.970. The summed E-state index contributed by atoms with van der Waals surface area (Å²) in [5, 5.41) is 0. The minimum absolute atomic E-state index is 0.869. The van der Waals surface area contributed by atoms with Crippen LogP contribution < -0.4 is 0 Å². The van der Waals surface area contributed by atoms with Gasteiger partial charge in [-0.1, -0.05) is 0 Å². The summed E-state index contributed by atoms with van der Waals surface area (Å²) in [6.45, 7) is 1.75. The van der Waals surface area contributed by atoms with E-state index in [1.165, 1.54) is 0 Å². The van der Waals surface area contributed by atoms with Gasteiger partial charge >= 0.3 is 0 Å². The average Bonchev–Trinajstić information content (AvgIpc) is 3.09. The highest BCUT2D eigenvalue weighted by molar-refractivity contribution is 5.54. The third kappa shape index (κ3) is 2.15. The molecule has 3 rings (SSSR count). The molecule has 0 saturated heterocycles. The molecule has 18 heavy (non-hydrogen) atoms. The van der Waals surface area contributed by atoms with Gasteiger partial charge in [-0.05, 0) is 12.1 Å². The van der Waals surface area contributed by atoms with E-state index in [1.807, 2.05) is 37.1 Å². The summed E-state index contributed by atoms with van der Waals surface area (Å²) in [4.78, 5) is 12.5. The summed E-state index contributed by atoms with van der Waals surface area (Å²) in [6, 6.07) is 3.94. The molecule has 0 fully saturated rings. The van der Waals surface area contributed by atoms with Crippen LogP contribution in [0.1, 0.15) is 0 Å². The van der Waals surface area contributed by atoms with Crippen LogP contribution in [0, 0.1) is 0 Å². The average molecular weight is 239 g/mol. The summed E-state index contributed by atoms with van der Waals surface area (Å²) in [7, 11) is 0. The van der Waals surface area contributed by atoms with Crippen LogP contribution in [0.3, 0.4) is 0 Å². The van der Waals surface area contributed by atoms with E-state index in [2.05, 4.69) is 24.1 Å². The van der Waals surface area contributed by atoms with Crippen molar-refractivity contribution in [3.63, 3.8) is 0 Å². The van der Waals surface area contributed by atoms with E-state index < -0.39 is 0 Å². The molecule has 0 N–H and O–H groups in total. The van der Waals surface area contributed by atoms with Gasteiger partial charge in [0.05, 0.1) is 6.33 Å². The maximum Gasteiger partial charge on any atom is 0.140 e. The number of rotatable bonds is 4. The number of pyridine rings is 1. The normalized spacial score (nSPS) is 10.7. The molecule has 0 saturated carbocycles. The SMILES string of the molecule is c1cc(-c2nccn2CCn2ccnc2)ccn1. The highest BCUT2D eigenvalue weighted by Crippen LogP contribution is 2.15. The van der Waals surface area contributed by atoms with Crippen molar-refractivity contribution in [3.8, 4) is 11.4 Å². The fourth-order valence-corrected chi connectivity index (χ4v) is 1.89. The number of aryl methyl sites for hydroxylation is 2. The van der Waals surface area contributed by atoms with E-state index in [1.54, 1.807) is 18.6 Å². The Morgan fingerprint density at radius 3 is 2.56 bits per heavy atom. The quantitative estimate of drug-likeness (QED) is 0.698. The minimum Gasteiger partial charge on any atom is -0.336 e. The van der Waals surface area contributed by atoms with Gasteiger partial charge in [0.2, 0.25) is 0 Å². The van der Waals surface area contributed by atoms with Gasteiger partial charge in [0, 0.05) is 55.8 Å². The molecule has 3 aromatic heterocycles. The number of hydrogen-bond acceptors (Lipinski definition) is 3. The van der Waals surface area contributed by atoms with Crippen molar-refractivity contribution in [1.82, 2.24) is 24.1 Å². The van der Waals surface area contributed by atoms with E-state index in [9.17, 15) is 0 Å². The third-order valence-corrected chi connectivity index (χ3v) is 2.81. The molecule has 3 heterocycles. The predicted octanol–water partition coefficient (Wildman–Crippen LogP) is 1.84. The number of aromatic nitrogens is 5. The van der Waals surface area contributed by atoms with Crippen molar-refractivity contribution in [2.45, 2.75) is 13.1 Å². The minimum atomic E-state index is 0.869. The van der Waals surface area contributed by atoms with E-state index in [-0.39, 0.29) is 0 Å². The molecular formula is C13H13N5. The lowest BCUT2D eigenvalue weighted by atomic mass is 10.2. The largest absolute Gasteiger partial charge is 0.336 e. The molecule has 0 unspecified atom stereocenters. The van der Waals surface area contributed by atoms with E-state index >= 15 is 0 Å². The highest BCUT2D eigenvalue weighted by Gasteiger charge is 2.04. The van der Waals surface area contributed by atoms with Crippen molar-refractivity contribution in [2.75, 3.05) is 0 Å². The highest BCUT2D eigenvalue weighted by atomic mass is 15.1. The van der Waals surface area contributed by atoms with Crippen molar-refractivity contribution >= 4 is 0 Å². The zero-order valence-electron chi connectivity index (χ0n) is 9.85. The Morgan fingerprint density at radius 2 is 1.78 bits per heavy atom. The van der Waals surface area contributed by atoms with Gasteiger partial charge in [-0.15, -0.1) is 0 Å². The van der Waals surface area contributed by atoms with Gasteiger partial charge in [-0.3, -0.25) is 4.98 Å². The molecule has 5 nitrogen and oxygen atoms in total. The fourth-order valence-electron chi connectivity index (χ4n) is 1.89. The summed E-state index contributed by atoms with van der Waals surface area (Å²) in [6.07, 6.45) is 13.0. The monoisotopic (exact) mass is 239 g/mol. The molecule has 0 atom stereocenters. The van der Waals surface area contributed by atoms with Crippen molar-refractivity contribution in [1.29, 1.82) is 0 Å². The van der Waals surface area contributed by atoms with Crippen molar-refractivity contribution in [3.05, 3.63) is 55.6 Å². The van der Waals surface area contributed by atoms with Crippen LogP contribution in [-0.4, -0.2) is 24.1 Å². The van der Waals surface area contributed by atoms with Gasteiger partial charge < -0.3 is 9.13 Å². The Bertz CT molecular complexity index is 597.